The Morgan fingerprint density at radius 3 is 2.60 bits per heavy atom. The second-order valence-electron chi connectivity index (χ2n) is 4.40. The van der Waals surface area contributed by atoms with Gasteiger partial charge in [-0.15, -0.1) is 0 Å². The van der Waals surface area contributed by atoms with Crippen LogP contribution < -0.4 is 5.73 Å². The normalized spacial score (nSPS) is 10.6. The Hall–Kier alpha value is -2.95. The van der Waals surface area contributed by atoms with Gasteiger partial charge in [0.1, 0.15) is 5.65 Å². The van der Waals surface area contributed by atoms with Gasteiger partial charge in [-0.05, 0) is 36.4 Å². The van der Waals surface area contributed by atoms with Crippen molar-refractivity contribution in [3.8, 4) is 5.69 Å². The lowest BCUT2D eigenvalue weighted by atomic mass is 10.2. The number of aromatic nitrogens is 2. The molecule has 0 spiro atoms. The number of amides is 1. The molecule has 1 amide bonds. The molecule has 20 heavy (non-hydrogen) atoms. The number of rotatable bonds is 3. The van der Waals surface area contributed by atoms with Crippen LogP contribution in [0, 0.1) is 0 Å². The van der Waals surface area contributed by atoms with Crippen LogP contribution in [0.4, 0.5) is 0 Å². The maximum absolute atomic E-state index is 11.1. The maximum atomic E-state index is 11.1. The maximum Gasteiger partial charge on any atom is 0.248 e. The van der Waals surface area contributed by atoms with Crippen molar-refractivity contribution >= 4 is 23.2 Å². The van der Waals surface area contributed by atoms with E-state index in [4.69, 9.17) is 5.73 Å². The van der Waals surface area contributed by atoms with Gasteiger partial charge in [0.15, 0.2) is 6.29 Å². The Balaban J connectivity index is 2.10. The average Bonchev–Trinajstić information content (AvgIpc) is 2.90. The predicted octanol–water partition coefficient (Wildman–Crippen LogP) is 1.94. The largest absolute Gasteiger partial charge is 0.366 e. The van der Waals surface area contributed by atoms with Crippen molar-refractivity contribution in [2.45, 2.75) is 0 Å². The van der Waals surface area contributed by atoms with E-state index in [2.05, 4.69) is 4.98 Å². The fourth-order valence-electron chi connectivity index (χ4n) is 2.10. The molecule has 2 aromatic heterocycles. The van der Waals surface area contributed by atoms with Gasteiger partial charge in [0.05, 0.1) is 0 Å². The van der Waals surface area contributed by atoms with Gasteiger partial charge in [-0.1, -0.05) is 0 Å². The summed E-state index contributed by atoms with van der Waals surface area (Å²) >= 11 is 0. The zero-order valence-electron chi connectivity index (χ0n) is 10.5. The Labute approximate surface area is 114 Å². The molecule has 1 aromatic carbocycles. The van der Waals surface area contributed by atoms with Crippen molar-refractivity contribution in [2.75, 3.05) is 0 Å². The molecule has 0 bridgehead atoms. The van der Waals surface area contributed by atoms with E-state index in [1.54, 1.807) is 30.3 Å². The van der Waals surface area contributed by atoms with Crippen LogP contribution in [0.15, 0.2) is 48.8 Å². The summed E-state index contributed by atoms with van der Waals surface area (Å²) in [4.78, 5) is 26.1. The Kier molecular flexibility index (Phi) is 2.80. The third kappa shape index (κ3) is 1.95. The van der Waals surface area contributed by atoms with Crippen molar-refractivity contribution in [2.24, 2.45) is 5.73 Å². The van der Waals surface area contributed by atoms with Gasteiger partial charge in [0, 0.05) is 34.6 Å². The first kappa shape index (κ1) is 12.1. The third-order valence-corrected chi connectivity index (χ3v) is 3.11. The summed E-state index contributed by atoms with van der Waals surface area (Å²) in [5.41, 5.74) is 7.84. The molecule has 3 rings (SSSR count). The number of pyridine rings is 1. The first-order valence-corrected chi connectivity index (χ1v) is 6.01. The first-order chi connectivity index (χ1) is 9.69. The number of hydrogen-bond donors (Lipinski definition) is 1. The smallest absolute Gasteiger partial charge is 0.248 e. The minimum atomic E-state index is -0.456. The van der Waals surface area contributed by atoms with E-state index in [9.17, 15) is 9.59 Å². The molecule has 0 unspecified atom stereocenters. The van der Waals surface area contributed by atoms with Crippen molar-refractivity contribution in [1.82, 2.24) is 9.55 Å². The quantitative estimate of drug-likeness (QED) is 0.735. The highest BCUT2D eigenvalue weighted by atomic mass is 16.1. The predicted molar refractivity (Wildman–Crippen MR) is 75.0 cm³/mol. The van der Waals surface area contributed by atoms with Crippen LogP contribution in [0.5, 0.6) is 0 Å². The highest BCUT2D eigenvalue weighted by molar-refractivity contribution is 5.93. The summed E-state index contributed by atoms with van der Waals surface area (Å²) < 4.78 is 1.88. The molecular weight excluding hydrogens is 254 g/mol. The SMILES string of the molecule is NC(=O)c1ccc(-n2ccc3cc(C=O)cnc32)cc1. The van der Waals surface area contributed by atoms with E-state index in [1.807, 2.05) is 16.8 Å². The van der Waals surface area contributed by atoms with Gasteiger partial charge < -0.3 is 10.3 Å². The van der Waals surface area contributed by atoms with E-state index >= 15 is 0 Å². The molecule has 5 nitrogen and oxygen atoms in total. The zero-order valence-corrected chi connectivity index (χ0v) is 10.5. The highest BCUT2D eigenvalue weighted by Gasteiger charge is 2.06. The van der Waals surface area contributed by atoms with E-state index in [-0.39, 0.29) is 0 Å². The Bertz CT molecular complexity index is 804. The number of hydrogen-bond acceptors (Lipinski definition) is 3. The number of carbonyl (C=O) groups is 2. The van der Waals surface area contributed by atoms with E-state index in [0.29, 0.717) is 11.1 Å². The van der Waals surface area contributed by atoms with Crippen LogP contribution in [-0.4, -0.2) is 21.7 Å². The standard InChI is InChI=1S/C15H11N3O2/c16-14(20)11-1-3-13(4-2-11)18-6-5-12-7-10(9-19)8-17-15(12)18/h1-9H,(H2,16,20). The molecule has 0 atom stereocenters. The molecule has 0 saturated heterocycles. The average molecular weight is 265 g/mol. The number of primary amides is 1. The van der Waals surface area contributed by atoms with Gasteiger partial charge in [-0.2, -0.15) is 0 Å². The fourth-order valence-corrected chi connectivity index (χ4v) is 2.10. The second-order valence-corrected chi connectivity index (χ2v) is 4.40. The van der Waals surface area contributed by atoms with E-state index in [0.717, 1.165) is 23.0 Å². The number of nitrogens with zero attached hydrogens (tertiary/aromatic N) is 2. The van der Waals surface area contributed by atoms with Crippen LogP contribution in [0.3, 0.4) is 0 Å². The molecule has 2 heterocycles. The van der Waals surface area contributed by atoms with Crippen LogP contribution in [0.25, 0.3) is 16.7 Å². The van der Waals surface area contributed by atoms with Crippen molar-refractivity contribution in [1.29, 1.82) is 0 Å². The zero-order chi connectivity index (χ0) is 14.1. The number of benzene rings is 1. The van der Waals surface area contributed by atoms with Crippen molar-refractivity contribution in [3.63, 3.8) is 0 Å². The molecule has 98 valence electrons. The summed E-state index contributed by atoms with van der Waals surface area (Å²) in [5, 5.41) is 0.883. The Morgan fingerprint density at radius 1 is 1.20 bits per heavy atom. The summed E-state index contributed by atoms with van der Waals surface area (Å²) in [7, 11) is 0. The van der Waals surface area contributed by atoms with E-state index in [1.165, 1.54) is 6.20 Å². The Morgan fingerprint density at radius 2 is 1.95 bits per heavy atom. The summed E-state index contributed by atoms with van der Waals surface area (Å²) in [5.74, 6) is -0.456. The molecular formula is C15H11N3O2. The number of fused-ring (bicyclic) bond motifs is 1. The molecule has 0 aliphatic carbocycles. The van der Waals surface area contributed by atoms with Crippen LogP contribution in [0.2, 0.25) is 0 Å². The monoisotopic (exact) mass is 265 g/mol. The van der Waals surface area contributed by atoms with Gasteiger partial charge in [-0.3, -0.25) is 9.59 Å². The van der Waals surface area contributed by atoms with Crippen LogP contribution >= 0.6 is 0 Å². The third-order valence-electron chi connectivity index (χ3n) is 3.11. The van der Waals surface area contributed by atoms with Gasteiger partial charge in [-0.25, -0.2) is 4.98 Å². The van der Waals surface area contributed by atoms with E-state index < -0.39 is 5.91 Å². The molecule has 3 aromatic rings. The molecule has 2 N–H and O–H groups in total. The number of aldehydes is 1. The van der Waals surface area contributed by atoms with Crippen molar-refractivity contribution in [3.05, 3.63) is 59.9 Å². The van der Waals surface area contributed by atoms with Crippen LogP contribution in [0.1, 0.15) is 20.7 Å². The van der Waals surface area contributed by atoms with Gasteiger partial charge in [0.2, 0.25) is 5.91 Å². The highest BCUT2D eigenvalue weighted by Crippen LogP contribution is 2.19. The molecule has 0 aliphatic rings. The van der Waals surface area contributed by atoms with Crippen molar-refractivity contribution < 1.29 is 9.59 Å². The molecule has 0 aliphatic heterocycles. The number of carbonyl (C=O) groups excluding carboxylic acids is 2. The lowest BCUT2D eigenvalue weighted by molar-refractivity contribution is 0.1000. The lowest BCUT2D eigenvalue weighted by Crippen LogP contribution is -2.10. The van der Waals surface area contributed by atoms with Crippen LogP contribution in [-0.2, 0) is 0 Å². The summed E-state index contributed by atoms with van der Waals surface area (Å²) in [6.07, 6.45) is 4.17. The molecule has 0 radical (unpaired) electrons. The summed E-state index contributed by atoms with van der Waals surface area (Å²) in [6, 6.07) is 10.6. The molecule has 0 fully saturated rings. The van der Waals surface area contributed by atoms with Gasteiger partial charge in [0.25, 0.3) is 0 Å². The molecule has 0 saturated carbocycles. The minimum Gasteiger partial charge on any atom is -0.366 e. The summed E-state index contributed by atoms with van der Waals surface area (Å²) in [6.45, 7) is 0. The molecule has 5 heteroatoms. The second kappa shape index (κ2) is 4.62. The van der Waals surface area contributed by atoms with Gasteiger partial charge >= 0.3 is 0 Å². The fraction of sp³-hybridized carbons (Fsp3) is 0. The minimum absolute atomic E-state index is 0.456. The topological polar surface area (TPSA) is 78.0 Å². The number of nitrogens with two attached hydrogens (primary N) is 1. The first-order valence-electron chi connectivity index (χ1n) is 6.01. The lowest BCUT2D eigenvalue weighted by Gasteiger charge is -2.05.